The van der Waals surface area contributed by atoms with Crippen LogP contribution in [0.2, 0.25) is 0 Å². The molecule has 0 aromatic heterocycles. The number of likely N-dealkylation sites (tertiary alicyclic amines) is 1. The van der Waals surface area contributed by atoms with Crippen LogP contribution in [0.5, 0.6) is 0 Å². The minimum Gasteiger partial charge on any atom is -0.377 e. The van der Waals surface area contributed by atoms with Gasteiger partial charge in [0, 0.05) is 13.1 Å². The molecule has 1 atom stereocenters. The third-order valence-corrected chi connectivity index (χ3v) is 6.85. The van der Waals surface area contributed by atoms with E-state index < -0.39 is 0 Å². The van der Waals surface area contributed by atoms with E-state index in [1.807, 2.05) is 0 Å². The Labute approximate surface area is 153 Å². The highest BCUT2D eigenvalue weighted by molar-refractivity contribution is 5.76. The minimum absolute atomic E-state index is 0.0453. The lowest BCUT2D eigenvalue weighted by molar-refractivity contribution is -0.123. The summed E-state index contributed by atoms with van der Waals surface area (Å²) in [4.78, 5) is 13.7. The number of nitrogens with two attached hydrogens (primary N) is 1. The SMILES string of the molecule is NC(=O)C1CCCN(CCOC2CCC(CC3CCCCC3)CC2)C1. The van der Waals surface area contributed by atoms with E-state index in [0.29, 0.717) is 6.10 Å². The van der Waals surface area contributed by atoms with Gasteiger partial charge in [0.05, 0.1) is 18.6 Å². The topological polar surface area (TPSA) is 55.6 Å². The minimum atomic E-state index is -0.137. The lowest BCUT2D eigenvalue weighted by Crippen LogP contribution is -2.42. The van der Waals surface area contributed by atoms with Crippen LogP contribution < -0.4 is 5.73 Å². The second kappa shape index (κ2) is 9.91. The zero-order valence-electron chi connectivity index (χ0n) is 16.0. The number of nitrogens with zero attached hydrogens (tertiary/aromatic N) is 1. The van der Waals surface area contributed by atoms with Gasteiger partial charge in [-0.3, -0.25) is 4.79 Å². The van der Waals surface area contributed by atoms with Crippen molar-refractivity contribution in [3.8, 4) is 0 Å². The molecule has 3 fully saturated rings. The van der Waals surface area contributed by atoms with Crippen molar-refractivity contribution in [1.29, 1.82) is 0 Å². The molecule has 0 aromatic rings. The summed E-state index contributed by atoms with van der Waals surface area (Å²) in [5.74, 6) is 1.89. The molecular weight excluding hydrogens is 312 g/mol. The molecule has 4 nitrogen and oxygen atoms in total. The molecule has 1 unspecified atom stereocenters. The second-order valence-corrected chi connectivity index (χ2v) is 8.80. The van der Waals surface area contributed by atoms with Gasteiger partial charge in [0.1, 0.15) is 0 Å². The van der Waals surface area contributed by atoms with Crippen molar-refractivity contribution in [2.45, 2.75) is 83.2 Å². The lowest BCUT2D eigenvalue weighted by Gasteiger charge is -2.33. The standard InChI is InChI=1S/C21H38N2O2/c22-21(24)19-7-4-12-23(16-19)13-14-25-20-10-8-18(9-11-20)15-17-5-2-1-3-6-17/h17-20H,1-16H2,(H2,22,24). The van der Waals surface area contributed by atoms with E-state index in [1.54, 1.807) is 0 Å². The van der Waals surface area contributed by atoms with Gasteiger partial charge in [-0.15, -0.1) is 0 Å². The van der Waals surface area contributed by atoms with E-state index in [0.717, 1.165) is 50.9 Å². The number of carbonyl (C=O) groups is 1. The Morgan fingerprint density at radius 3 is 2.36 bits per heavy atom. The largest absolute Gasteiger partial charge is 0.377 e. The quantitative estimate of drug-likeness (QED) is 0.761. The molecule has 0 spiro atoms. The van der Waals surface area contributed by atoms with Crippen molar-refractivity contribution >= 4 is 5.91 Å². The number of hydrogen-bond acceptors (Lipinski definition) is 3. The van der Waals surface area contributed by atoms with Crippen molar-refractivity contribution in [3.05, 3.63) is 0 Å². The second-order valence-electron chi connectivity index (χ2n) is 8.80. The van der Waals surface area contributed by atoms with Gasteiger partial charge in [-0.25, -0.2) is 0 Å². The van der Waals surface area contributed by atoms with Gasteiger partial charge in [-0.2, -0.15) is 0 Å². The third-order valence-electron chi connectivity index (χ3n) is 6.85. The van der Waals surface area contributed by atoms with E-state index in [4.69, 9.17) is 10.5 Å². The summed E-state index contributed by atoms with van der Waals surface area (Å²) >= 11 is 0. The zero-order valence-corrected chi connectivity index (χ0v) is 16.0. The van der Waals surface area contributed by atoms with Crippen LogP contribution in [0.4, 0.5) is 0 Å². The average Bonchev–Trinajstić information content (AvgIpc) is 2.64. The van der Waals surface area contributed by atoms with Crippen molar-refractivity contribution in [2.75, 3.05) is 26.2 Å². The normalized spacial score (nSPS) is 32.6. The van der Waals surface area contributed by atoms with Crippen molar-refractivity contribution < 1.29 is 9.53 Å². The molecule has 2 N–H and O–H groups in total. The van der Waals surface area contributed by atoms with Crippen LogP contribution in [0.15, 0.2) is 0 Å². The van der Waals surface area contributed by atoms with E-state index in [2.05, 4.69) is 4.90 Å². The highest BCUT2D eigenvalue weighted by Crippen LogP contribution is 2.35. The summed E-state index contributed by atoms with van der Waals surface area (Å²) < 4.78 is 6.16. The number of carbonyl (C=O) groups excluding carboxylic acids is 1. The molecule has 3 aliphatic rings. The van der Waals surface area contributed by atoms with Gasteiger partial charge in [0.2, 0.25) is 5.91 Å². The maximum Gasteiger partial charge on any atom is 0.221 e. The fourth-order valence-electron chi connectivity index (χ4n) is 5.27. The average molecular weight is 351 g/mol. The molecule has 2 saturated carbocycles. The Bertz CT molecular complexity index is 401. The van der Waals surface area contributed by atoms with E-state index in [-0.39, 0.29) is 11.8 Å². The van der Waals surface area contributed by atoms with Gasteiger partial charge < -0.3 is 15.4 Å². The first-order chi connectivity index (χ1) is 12.2. The molecule has 3 rings (SSSR count). The van der Waals surface area contributed by atoms with Crippen LogP contribution in [0.1, 0.15) is 77.0 Å². The summed E-state index contributed by atoms with van der Waals surface area (Å²) in [6, 6.07) is 0. The van der Waals surface area contributed by atoms with Gasteiger partial charge in [-0.05, 0) is 63.3 Å². The first kappa shape index (κ1) is 19.2. The Balaban J connectivity index is 1.27. The number of amides is 1. The van der Waals surface area contributed by atoms with Gasteiger partial charge in [-0.1, -0.05) is 32.1 Å². The molecule has 4 heteroatoms. The monoisotopic (exact) mass is 350 g/mol. The first-order valence-corrected chi connectivity index (χ1v) is 10.8. The molecular formula is C21H38N2O2. The third kappa shape index (κ3) is 6.25. The van der Waals surface area contributed by atoms with Gasteiger partial charge in [0.15, 0.2) is 0 Å². The fraction of sp³-hybridized carbons (Fsp3) is 0.952. The molecule has 25 heavy (non-hydrogen) atoms. The molecule has 1 aliphatic heterocycles. The number of primary amides is 1. The molecule has 0 aromatic carbocycles. The van der Waals surface area contributed by atoms with Gasteiger partial charge >= 0.3 is 0 Å². The predicted molar refractivity (Wildman–Crippen MR) is 101 cm³/mol. The first-order valence-electron chi connectivity index (χ1n) is 10.8. The summed E-state index contributed by atoms with van der Waals surface area (Å²) in [7, 11) is 0. The highest BCUT2D eigenvalue weighted by Gasteiger charge is 2.26. The zero-order chi connectivity index (χ0) is 17.5. The van der Waals surface area contributed by atoms with Crippen LogP contribution in [0.25, 0.3) is 0 Å². The number of rotatable bonds is 7. The number of hydrogen-bond donors (Lipinski definition) is 1. The van der Waals surface area contributed by atoms with Crippen LogP contribution in [0.3, 0.4) is 0 Å². The summed E-state index contributed by atoms with van der Waals surface area (Å²) in [6.07, 6.45) is 16.6. The predicted octanol–water partition coefficient (Wildman–Crippen LogP) is 3.73. The maximum atomic E-state index is 11.4. The Hall–Kier alpha value is -0.610. The molecule has 2 aliphatic carbocycles. The Morgan fingerprint density at radius 2 is 1.64 bits per heavy atom. The van der Waals surface area contributed by atoms with Crippen molar-refractivity contribution in [3.63, 3.8) is 0 Å². The van der Waals surface area contributed by atoms with Crippen LogP contribution >= 0.6 is 0 Å². The molecule has 1 heterocycles. The molecule has 1 amide bonds. The summed E-state index contributed by atoms with van der Waals surface area (Å²) in [5.41, 5.74) is 5.46. The van der Waals surface area contributed by atoms with E-state index in [1.165, 1.54) is 64.2 Å². The van der Waals surface area contributed by atoms with Crippen LogP contribution in [-0.2, 0) is 9.53 Å². The van der Waals surface area contributed by atoms with Crippen molar-refractivity contribution in [2.24, 2.45) is 23.5 Å². The molecule has 0 radical (unpaired) electrons. The Kier molecular flexibility index (Phi) is 7.60. The molecule has 1 saturated heterocycles. The lowest BCUT2D eigenvalue weighted by atomic mass is 9.77. The fourth-order valence-corrected chi connectivity index (χ4v) is 5.27. The number of piperidine rings is 1. The molecule has 0 bridgehead atoms. The maximum absolute atomic E-state index is 11.4. The van der Waals surface area contributed by atoms with E-state index in [9.17, 15) is 4.79 Å². The molecule has 144 valence electrons. The Morgan fingerprint density at radius 1 is 0.920 bits per heavy atom. The summed E-state index contributed by atoms with van der Waals surface area (Å²) in [5, 5.41) is 0. The van der Waals surface area contributed by atoms with Crippen LogP contribution in [-0.4, -0.2) is 43.2 Å². The number of ether oxygens (including phenoxy) is 1. The van der Waals surface area contributed by atoms with Gasteiger partial charge in [0.25, 0.3) is 0 Å². The highest BCUT2D eigenvalue weighted by atomic mass is 16.5. The van der Waals surface area contributed by atoms with E-state index >= 15 is 0 Å². The van der Waals surface area contributed by atoms with Crippen molar-refractivity contribution in [1.82, 2.24) is 4.90 Å². The van der Waals surface area contributed by atoms with Crippen LogP contribution in [0, 0.1) is 17.8 Å². The summed E-state index contributed by atoms with van der Waals surface area (Å²) in [6.45, 7) is 3.67. The smallest absolute Gasteiger partial charge is 0.221 e.